The van der Waals surface area contributed by atoms with Crippen LogP contribution in [0.4, 0.5) is 0 Å². The number of carbonyl (C=O) groups excluding carboxylic acids is 3. The second-order valence-electron chi connectivity index (χ2n) is 7.38. The minimum Gasteiger partial charge on any atom is -0.455 e. The Hall–Kier alpha value is -1.80. The van der Waals surface area contributed by atoms with Gasteiger partial charge in [0.2, 0.25) is 5.91 Å². The van der Waals surface area contributed by atoms with E-state index in [1.54, 1.807) is 17.3 Å². The number of amides is 1. The zero-order valence-corrected chi connectivity index (χ0v) is 17.4. The zero-order valence-electron chi connectivity index (χ0n) is 16.6. The lowest BCUT2D eigenvalue weighted by Gasteiger charge is -2.35. The molecule has 0 spiro atoms. The summed E-state index contributed by atoms with van der Waals surface area (Å²) in [5, 5.41) is 2.25. The van der Waals surface area contributed by atoms with Crippen LogP contribution in [-0.4, -0.2) is 53.8 Å². The first kappa shape index (κ1) is 21.5. The first-order chi connectivity index (χ1) is 12.7. The van der Waals surface area contributed by atoms with E-state index in [4.69, 9.17) is 9.47 Å². The standard InChI is InChI=1S/C19H28N2O5S/c1-11(2)16(21(5)18(24)6-14-8-25-9-14)7-17(26-13(4)23)19-20-15(10-27-19)12(3)22/h10-11,14,16-17H,6-9H2,1-5H3/t16?,17-/m1/s1. The molecule has 2 atom stereocenters. The van der Waals surface area contributed by atoms with Crippen molar-refractivity contribution in [2.75, 3.05) is 20.3 Å². The Morgan fingerprint density at radius 3 is 2.44 bits per heavy atom. The summed E-state index contributed by atoms with van der Waals surface area (Å²) in [6, 6.07) is -0.118. The van der Waals surface area contributed by atoms with Crippen molar-refractivity contribution in [2.24, 2.45) is 11.8 Å². The van der Waals surface area contributed by atoms with Crippen molar-refractivity contribution in [1.29, 1.82) is 0 Å². The fraction of sp³-hybridized carbons (Fsp3) is 0.684. The van der Waals surface area contributed by atoms with Crippen LogP contribution in [-0.2, 0) is 19.1 Å². The molecule has 0 bridgehead atoms. The van der Waals surface area contributed by atoms with Crippen LogP contribution < -0.4 is 0 Å². The van der Waals surface area contributed by atoms with Gasteiger partial charge in [-0.05, 0) is 5.92 Å². The van der Waals surface area contributed by atoms with Gasteiger partial charge in [0.25, 0.3) is 0 Å². The van der Waals surface area contributed by atoms with E-state index in [0.717, 1.165) is 0 Å². The minimum atomic E-state index is -0.588. The van der Waals surface area contributed by atoms with Crippen molar-refractivity contribution in [1.82, 2.24) is 9.88 Å². The van der Waals surface area contributed by atoms with Crippen LogP contribution in [0.5, 0.6) is 0 Å². The van der Waals surface area contributed by atoms with Gasteiger partial charge < -0.3 is 14.4 Å². The van der Waals surface area contributed by atoms with Gasteiger partial charge in [-0.2, -0.15) is 0 Å². The first-order valence-corrected chi connectivity index (χ1v) is 10.0. The smallest absolute Gasteiger partial charge is 0.303 e. The third kappa shape index (κ3) is 5.84. The molecule has 27 heavy (non-hydrogen) atoms. The van der Waals surface area contributed by atoms with E-state index in [0.29, 0.717) is 36.8 Å². The van der Waals surface area contributed by atoms with Gasteiger partial charge in [0.1, 0.15) is 10.7 Å². The van der Waals surface area contributed by atoms with Crippen molar-refractivity contribution < 1.29 is 23.9 Å². The average molecular weight is 397 g/mol. The fourth-order valence-electron chi connectivity index (χ4n) is 3.07. The summed E-state index contributed by atoms with van der Waals surface area (Å²) in [5.41, 5.74) is 0.364. The SMILES string of the molecule is CC(=O)O[C@H](CC(C(C)C)N(C)C(=O)CC1COC1)c1nc(C(C)=O)cs1. The summed E-state index contributed by atoms with van der Waals surface area (Å²) in [6.07, 6.45) is 0.310. The van der Waals surface area contributed by atoms with Gasteiger partial charge in [0.15, 0.2) is 11.9 Å². The number of esters is 1. The maximum atomic E-state index is 12.6. The van der Waals surface area contributed by atoms with Gasteiger partial charge in [0, 0.05) is 51.1 Å². The first-order valence-electron chi connectivity index (χ1n) is 9.16. The van der Waals surface area contributed by atoms with Crippen molar-refractivity contribution in [3.05, 3.63) is 16.1 Å². The number of ether oxygens (including phenoxy) is 2. The highest BCUT2D eigenvalue weighted by Crippen LogP contribution is 2.31. The third-order valence-corrected chi connectivity index (χ3v) is 5.69. The summed E-state index contributed by atoms with van der Waals surface area (Å²) in [4.78, 5) is 41.9. The van der Waals surface area contributed by atoms with E-state index < -0.39 is 12.1 Å². The van der Waals surface area contributed by atoms with E-state index in [1.165, 1.54) is 25.2 Å². The molecule has 150 valence electrons. The largest absolute Gasteiger partial charge is 0.455 e. The Labute approximate surface area is 164 Å². The van der Waals surface area contributed by atoms with Crippen molar-refractivity contribution in [2.45, 2.75) is 52.7 Å². The zero-order chi connectivity index (χ0) is 20.1. The molecule has 1 saturated heterocycles. The monoisotopic (exact) mass is 396 g/mol. The molecule has 1 aromatic rings. The predicted octanol–water partition coefficient (Wildman–Crippen LogP) is 2.86. The van der Waals surface area contributed by atoms with Crippen LogP contribution in [0.2, 0.25) is 0 Å². The van der Waals surface area contributed by atoms with Crippen LogP contribution in [0.1, 0.15) is 62.1 Å². The third-order valence-electron chi connectivity index (χ3n) is 4.75. The molecular weight excluding hydrogens is 368 g/mol. The van der Waals surface area contributed by atoms with Gasteiger partial charge in [-0.15, -0.1) is 11.3 Å². The predicted molar refractivity (Wildman–Crippen MR) is 102 cm³/mol. The van der Waals surface area contributed by atoms with Gasteiger partial charge in [-0.1, -0.05) is 13.8 Å². The number of Topliss-reactive ketones (excluding diaryl/α,β-unsaturated/α-hetero) is 1. The number of hydrogen-bond acceptors (Lipinski definition) is 7. The van der Waals surface area contributed by atoms with Gasteiger partial charge >= 0.3 is 5.97 Å². The molecule has 1 aliphatic heterocycles. The quantitative estimate of drug-likeness (QED) is 0.471. The van der Waals surface area contributed by atoms with E-state index in [1.807, 2.05) is 13.8 Å². The van der Waals surface area contributed by atoms with E-state index in [-0.39, 0.29) is 29.6 Å². The Morgan fingerprint density at radius 1 is 1.33 bits per heavy atom. The van der Waals surface area contributed by atoms with Crippen LogP contribution in [0.3, 0.4) is 0 Å². The van der Waals surface area contributed by atoms with Crippen molar-refractivity contribution in [3.8, 4) is 0 Å². The molecule has 7 nitrogen and oxygen atoms in total. The number of rotatable bonds is 9. The van der Waals surface area contributed by atoms with Crippen LogP contribution >= 0.6 is 11.3 Å². The Bertz CT molecular complexity index is 683. The molecule has 0 aliphatic carbocycles. The summed E-state index contributed by atoms with van der Waals surface area (Å²) < 4.78 is 10.6. The second kappa shape index (κ2) is 9.41. The summed E-state index contributed by atoms with van der Waals surface area (Å²) in [5.74, 6) is -0.0275. The molecule has 1 unspecified atom stereocenters. The molecule has 0 N–H and O–H groups in total. The molecule has 1 aromatic heterocycles. The molecular formula is C19H28N2O5S. The van der Waals surface area contributed by atoms with Gasteiger partial charge in [0.05, 0.1) is 13.2 Å². The highest BCUT2D eigenvalue weighted by molar-refractivity contribution is 7.09. The Balaban J connectivity index is 2.15. The number of hydrogen-bond donors (Lipinski definition) is 0. The number of aromatic nitrogens is 1. The molecule has 0 aromatic carbocycles. The molecule has 1 aliphatic rings. The van der Waals surface area contributed by atoms with Crippen LogP contribution in [0.25, 0.3) is 0 Å². The number of thiazole rings is 1. The lowest BCUT2D eigenvalue weighted by molar-refractivity contribution is -0.148. The molecule has 1 amide bonds. The van der Waals surface area contributed by atoms with Gasteiger partial charge in [-0.25, -0.2) is 4.98 Å². The summed E-state index contributed by atoms with van der Waals surface area (Å²) in [6.45, 7) is 8.14. The maximum Gasteiger partial charge on any atom is 0.303 e. The molecule has 0 radical (unpaired) electrons. The van der Waals surface area contributed by atoms with Crippen molar-refractivity contribution in [3.63, 3.8) is 0 Å². The molecule has 8 heteroatoms. The lowest BCUT2D eigenvalue weighted by Crippen LogP contribution is -2.44. The average Bonchev–Trinajstić information content (AvgIpc) is 3.03. The Kier molecular flexibility index (Phi) is 7.49. The second-order valence-corrected chi connectivity index (χ2v) is 8.27. The molecule has 0 saturated carbocycles. The highest BCUT2D eigenvalue weighted by atomic mass is 32.1. The molecule has 1 fully saturated rings. The van der Waals surface area contributed by atoms with E-state index >= 15 is 0 Å². The molecule has 2 rings (SSSR count). The van der Waals surface area contributed by atoms with E-state index in [9.17, 15) is 14.4 Å². The van der Waals surface area contributed by atoms with Crippen LogP contribution in [0, 0.1) is 11.8 Å². The van der Waals surface area contributed by atoms with Crippen LogP contribution in [0.15, 0.2) is 5.38 Å². The van der Waals surface area contributed by atoms with Gasteiger partial charge in [-0.3, -0.25) is 14.4 Å². The summed E-state index contributed by atoms with van der Waals surface area (Å²) in [7, 11) is 1.79. The van der Waals surface area contributed by atoms with Crippen molar-refractivity contribution >= 4 is 29.0 Å². The molecule has 2 heterocycles. The highest BCUT2D eigenvalue weighted by Gasteiger charge is 2.32. The Morgan fingerprint density at radius 2 is 2.00 bits per heavy atom. The topological polar surface area (TPSA) is 85.8 Å². The maximum absolute atomic E-state index is 12.6. The van der Waals surface area contributed by atoms with E-state index in [2.05, 4.69) is 4.98 Å². The minimum absolute atomic E-state index is 0.0622. The number of carbonyl (C=O) groups is 3. The number of ketones is 1. The fourth-order valence-corrected chi connectivity index (χ4v) is 3.97. The number of nitrogens with zero attached hydrogens (tertiary/aromatic N) is 2. The summed E-state index contributed by atoms with van der Waals surface area (Å²) >= 11 is 1.30. The normalized spacial score (nSPS) is 16.5. The lowest BCUT2D eigenvalue weighted by atomic mass is 9.95.